The number of aryl methyl sites for hydroxylation is 1. The van der Waals surface area contributed by atoms with E-state index < -0.39 is 40.2 Å². The molecule has 0 aliphatic rings. The van der Waals surface area contributed by atoms with Crippen LogP contribution in [0, 0.1) is 12.7 Å². The van der Waals surface area contributed by atoms with Gasteiger partial charge in [-0.25, -0.2) is 12.8 Å². The largest absolute Gasteiger partial charge is 0.354 e. The van der Waals surface area contributed by atoms with E-state index in [0.717, 1.165) is 22.7 Å². The predicted molar refractivity (Wildman–Crippen MR) is 151 cm³/mol. The Kier molecular flexibility index (Phi) is 10.5. The topological polar surface area (TPSA) is 86.8 Å². The van der Waals surface area contributed by atoms with Gasteiger partial charge in [-0.2, -0.15) is 0 Å². The summed E-state index contributed by atoms with van der Waals surface area (Å²) in [6, 6.07) is 17.5. The van der Waals surface area contributed by atoms with Crippen molar-refractivity contribution in [2.24, 2.45) is 0 Å². The summed E-state index contributed by atoms with van der Waals surface area (Å²) in [5, 5.41) is 2.93. The van der Waals surface area contributed by atoms with E-state index in [4.69, 9.17) is 11.6 Å². The average Bonchev–Trinajstić information content (AvgIpc) is 2.91. The SMILES string of the molecule is CCCCNC(=O)[C@H](C)N(Cc1ccccc1F)C(=O)CN(c1ccccc1Cl)S(=O)(=O)c1ccc(C)cc1. The second kappa shape index (κ2) is 13.6. The molecule has 0 aromatic heterocycles. The number of anilines is 1. The van der Waals surface area contributed by atoms with Gasteiger partial charge in [0.05, 0.1) is 15.6 Å². The third kappa shape index (κ3) is 7.58. The van der Waals surface area contributed by atoms with Crippen LogP contribution >= 0.6 is 11.6 Å². The number of carbonyl (C=O) groups is 2. The van der Waals surface area contributed by atoms with E-state index in [-0.39, 0.29) is 27.7 Å². The first-order valence-corrected chi connectivity index (χ1v) is 14.5. The number of nitrogens with zero attached hydrogens (tertiary/aromatic N) is 2. The average molecular weight is 574 g/mol. The smallest absolute Gasteiger partial charge is 0.264 e. The molecular formula is C29H33ClFN3O4S. The molecule has 0 unspecified atom stereocenters. The maximum atomic E-state index is 14.6. The molecule has 39 heavy (non-hydrogen) atoms. The third-order valence-electron chi connectivity index (χ3n) is 6.30. The van der Waals surface area contributed by atoms with Gasteiger partial charge in [0, 0.05) is 18.7 Å². The van der Waals surface area contributed by atoms with Gasteiger partial charge in [0.2, 0.25) is 11.8 Å². The maximum absolute atomic E-state index is 14.6. The second-order valence-electron chi connectivity index (χ2n) is 9.21. The number of carbonyl (C=O) groups excluding carboxylic acids is 2. The molecule has 0 heterocycles. The normalized spacial score (nSPS) is 12.0. The molecule has 1 atom stereocenters. The maximum Gasteiger partial charge on any atom is 0.264 e. The van der Waals surface area contributed by atoms with E-state index in [1.165, 1.54) is 54.3 Å². The van der Waals surface area contributed by atoms with E-state index in [0.29, 0.717) is 6.54 Å². The lowest BCUT2D eigenvalue weighted by atomic mass is 10.1. The molecule has 10 heteroatoms. The summed E-state index contributed by atoms with van der Waals surface area (Å²) >= 11 is 6.39. The number of nitrogens with one attached hydrogen (secondary N) is 1. The lowest BCUT2D eigenvalue weighted by Crippen LogP contribution is -2.51. The van der Waals surface area contributed by atoms with Crippen molar-refractivity contribution in [3.8, 4) is 0 Å². The zero-order valence-electron chi connectivity index (χ0n) is 22.2. The Morgan fingerprint density at radius 2 is 1.64 bits per heavy atom. The van der Waals surface area contributed by atoms with E-state index in [1.54, 1.807) is 30.3 Å². The lowest BCUT2D eigenvalue weighted by Gasteiger charge is -2.32. The Morgan fingerprint density at radius 1 is 1.00 bits per heavy atom. The molecule has 2 amide bonds. The van der Waals surface area contributed by atoms with Gasteiger partial charge in [0.1, 0.15) is 18.4 Å². The molecule has 0 fully saturated rings. The minimum Gasteiger partial charge on any atom is -0.354 e. The van der Waals surface area contributed by atoms with Crippen LogP contribution in [0.15, 0.2) is 77.7 Å². The van der Waals surface area contributed by atoms with Crippen molar-refractivity contribution in [1.29, 1.82) is 0 Å². The van der Waals surface area contributed by atoms with Crippen LogP contribution in [-0.4, -0.2) is 44.3 Å². The predicted octanol–water partition coefficient (Wildman–Crippen LogP) is 5.32. The molecule has 0 radical (unpaired) electrons. The van der Waals surface area contributed by atoms with Crippen molar-refractivity contribution in [3.63, 3.8) is 0 Å². The number of para-hydroxylation sites is 1. The number of halogens is 2. The Balaban J connectivity index is 2.02. The molecule has 0 saturated heterocycles. The molecule has 3 aromatic carbocycles. The molecule has 1 N–H and O–H groups in total. The van der Waals surface area contributed by atoms with Gasteiger partial charge in [-0.1, -0.05) is 73.0 Å². The van der Waals surface area contributed by atoms with E-state index in [1.807, 2.05) is 13.8 Å². The summed E-state index contributed by atoms with van der Waals surface area (Å²) in [7, 11) is -4.24. The highest BCUT2D eigenvalue weighted by Gasteiger charge is 2.33. The van der Waals surface area contributed by atoms with Crippen LogP contribution in [0.1, 0.15) is 37.8 Å². The van der Waals surface area contributed by atoms with E-state index >= 15 is 0 Å². The second-order valence-corrected chi connectivity index (χ2v) is 11.5. The lowest BCUT2D eigenvalue weighted by molar-refractivity contribution is -0.139. The minimum absolute atomic E-state index is 0.0215. The Hall–Kier alpha value is -3.43. The van der Waals surface area contributed by atoms with E-state index in [9.17, 15) is 22.4 Å². The van der Waals surface area contributed by atoms with Crippen molar-refractivity contribution in [3.05, 3.63) is 94.8 Å². The molecule has 0 spiro atoms. The van der Waals surface area contributed by atoms with Gasteiger partial charge in [-0.3, -0.25) is 13.9 Å². The number of amides is 2. The standard InChI is InChI=1S/C29H33ClFN3O4S/c1-4-5-18-32-29(36)22(3)33(19-23-10-6-8-12-26(23)31)28(35)20-34(27-13-9-7-11-25(27)30)39(37,38)24-16-14-21(2)15-17-24/h6-17,22H,4-5,18-20H2,1-3H3,(H,32,36)/t22-/m0/s1. The first-order chi connectivity index (χ1) is 18.6. The van der Waals surface area contributed by atoms with Gasteiger partial charge in [-0.05, 0) is 50.6 Å². The molecular weight excluding hydrogens is 541 g/mol. The van der Waals surface area contributed by atoms with Gasteiger partial charge in [-0.15, -0.1) is 0 Å². The summed E-state index contributed by atoms with van der Waals surface area (Å²) in [5.41, 5.74) is 1.18. The highest BCUT2D eigenvalue weighted by atomic mass is 35.5. The van der Waals surface area contributed by atoms with Crippen LogP contribution in [-0.2, 0) is 26.2 Å². The quantitative estimate of drug-likeness (QED) is 0.297. The summed E-state index contributed by atoms with van der Waals surface area (Å²) in [6.07, 6.45) is 1.63. The highest BCUT2D eigenvalue weighted by molar-refractivity contribution is 7.92. The third-order valence-corrected chi connectivity index (χ3v) is 8.40. The fourth-order valence-electron chi connectivity index (χ4n) is 3.93. The number of rotatable bonds is 12. The van der Waals surface area contributed by atoms with Gasteiger partial charge in [0.25, 0.3) is 10.0 Å². The Labute approximate surface area is 234 Å². The molecule has 0 aliphatic heterocycles. The number of hydrogen-bond donors (Lipinski definition) is 1. The zero-order chi connectivity index (χ0) is 28.6. The molecule has 3 rings (SSSR count). The van der Waals surface area contributed by atoms with Crippen LogP contribution in [0.4, 0.5) is 10.1 Å². The molecule has 3 aromatic rings. The van der Waals surface area contributed by atoms with Crippen LogP contribution in [0.25, 0.3) is 0 Å². The van der Waals surface area contributed by atoms with Gasteiger partial charge in [0.15, 0.2) is 0 Å². The van der Waals surface area contributed by atoms with Crippen LogP contribution in [0.2, 0.25) is 5.02 Å². The summed E-state index contributed by atoms with van der Waals surface area (Å²) in [5.74, 6) is -1.64. The van der Waals surface area contributed by atoms with Crippen molar-refractivity contribution in [1.82, 2.24) is 10.2 Å². The van der Waals surface area contributed by atoms with Crippen LogP contribution < -0.4 is 9.62 Å². The van der Waals surface area contributed by atoms with Crippen LogP contribution in [0.3, 0.4) is 0 Å². The number of sulfonamides is 1. The monoisotopic (exact) mass is 573 g/mol. The Bertz CT molecular complexity index is 1400. The summed E-state index contributed by atoms with van der Waals surface area (Å²) < 4.78 is 43.1. The van der Waals surface area contributed by atoms with Crippen molar-refractivity contribution >= 4 is 39.1 Å². The molecule has 0 aliphatic carbocycles. The molecule has 7 nitrogen and oxygen atoms in total. The van der Waals surface area contributed by atoms with E-state index in [2.05, 4.69) is 5.32 Å². The van der Waals surface area contributed by atoms with Crippen molar-refractivity contribution in [2.75, 3.05) is 17.4 Å². The summed E-state index contributed by atoms with van der Waals surface area (Å²) in [6.45, 7) is 4.90. The first-order valence-electron chi connectivity index (χ1n) is 12.7. The van der Waals surface area contributed by atoms with Gasteiger partial charge >= 0.3 is 0 Å². The fraction of sp³-hybridized carbons (Fsp3) is 0.310. The highest BCUT2D eigenvalue weighted by Crippen LogP contribution is 2.31. The number of benzene rings is 3. The molecule has 208 valence electrons. The first kappa shape index (κ1) is 30.1. The Morgan fingerprint density at radius 3 is 2.28 bits per heavy atom. The van der Waals surface area contributed by atoms with Crippen molar-refractivity contribution < 1.29 is 22.4 Å². The van der Waals surface area contributed by atoms with Crippen LogP contribution in [0.5, 0.6) is 0 Å². The minimum atomic E-state index is -4.24. The van der Waals surface area contributed by atoms with Crippen molar-refractivity contribution in [2.45, 2.75) is 51.1 Å². The molecule has 0 saturated carbocycles. The molecule has 0 bridgehead atoms. The van der Waals surface area contributed by atoms with Gasteiger partial charge < -0.3 is 10.2 Å². The number of unbranched alkanes of at least 4 members (excludes halogenated alkanes) is 1. The zero-order valence-corrected chi connectivity index (χ0v) is 23.8. The fourth-order valence-corrected chi connectivity index (χ4v) is 5.65. The summed E-state index contributed by atoms with van der Waals surface area (Å²) in [4.78, 5) is 28.0. The number of hydrogen-bond acceptors (Lipinski definition) is 4.